The lowest BCUT2D eigenvalue weighted by Gasteiger charge is -2.15. The molecule has 0 aliphatic heterocycles. The summed E-state index contributed by atoms with van der Waals surface area (Å²) in [4.78, 5) is 28.0. The van der Waals surface area contributed by atoms with Crippen LogP contribution in [-0.4, -0.2) is 28.2 Å². The Morgan fingerprint density at radius 2 is 1.56 bits per heavy atom. The first-order chi connectivity index (χ1) is 16.6. The molecule has 34 heavy (non-hydrogen) atoms. The first-order valence-corrected chi connectivity index (χ1v) is 10.8. The van der Waals surface area contributed by atoms with E-state index in [4.69, 9.17) is 9.47 Å². The van der Waals surface area contributed by atoms with Crippen LogP contribution in [0.1, 0.15) is 16.7 Å². The zero-order chi connectivity index (χ0) is 23.8. The van der Waals surface area contributed by atoms with E-state index in [0.717, 1.165) is 33.3 Å². The fraction of sp³-hybridized carbons (Fsp3) is 0.148. The van der Waals surface area contributed by atoms with Crippen molar-refractivity contribution in [3.05, 3.63) is 108 Å². The number of fused-ring (bicyclic) bond motifs is 1. The van der Waals surface area contributed by atoms with Crippen molar-refractivity contribution in [2.24, 2.45) is 0 Å². The number of carbonyl (C=O) groups excluding carboxylic acids is 1. The van der Waals surface area contributed by atoms with E-state index in [-0.39, 0.29) is 13.0 Å². The summed E-state index contributed by atoms with van der Waals surface area (Å²) in [7, 11) is 0. The summed E-state index contributed by atoms with van der Waals surface area (Å²) in [5, 5.41) is 12.8. The van der Waals surface area contributed by atoms with Crippen molar-refractivity contribution in [3.8, 4) is 5.75 Å². The number of carboxylic acid groups (broad SMARTS) is 1. The average molecular weight is 456 g/mol. The molecule has 0 aliphatic carbocycles. The number of carboxylic acids is 1. The van der Waals surface area contributed by atoms with Crippen LogP contribution in [0.5, 0.6) is 5.75 Å². The van der Waals surface area contributed by atoms with Gasteiger partial charge in [0.25, 0.3) is 0 Å². The lowest BCUT2D eigenvalue weighted by atomic mass is 10.1. The van der Waals surface area contributed by atoms with Gasteiger partial charge in [0, 0.05) is 18.0 Å². The maximum Gasteiger partial charge on any atom is 0.408 e. The van der Waals surface area contributed by atoms with Crippen molar-refractivity contribution in [2.45, 2.75) is 25.7 Å². The maximum atomic E-state index is 12.1. The molecule has 7 heteroatoms. The van der Waals surface area contributed by atoms with Gasteiger partial charge in [-0.05, 0) is 41.0 Å². The fourth-order valence-corrected chi connectivity index (χ4v) is 3.48. The fourth-order valence-electron chi connectivity index (χ4n) is 3.48. The Hall–Kier alpha value is -4.39. The highest BCUT2D eigenvalue weighted by molar-refractivity contribution is 5.84. The van der Waals surface area contributed by atoms with E-state index in [0.29, 0.717) is 6.61 Å². The van der Waals surface area contributed by atoms with E-state index in [9.17, 15) is 14.7 Å². The Labute approximate surface area is 197 Å². The molecule has 172 valence electrons. The van der Waals surface area contributed by atoms with Gasteiger partial charge in [0.05, 0.1) is 5.52 Å². The minimum absolute atomic E-state index is 0.0274. The molecule has 0 radical (unpaired) electrons. The Morgan fingerprint density at radius 1 is 0.824 bits per heavy atom. The third-order valence-electron chi connectivity index (χ3n) is 5.27. The van der Waals surface area contributed by atoms with Crippen LogP contribution in [0, 0.1) is 0 Å². The summed E-state index contributed by atoms with van der Waals surface area (Å²) in [5.41, 5.74) is 3.43. The summed E-state index contributed by atoms with van der Waals surface area (Å²) in [6, 6.07) is 25.1. The Balaban J connectivity index is 1.27. The summed E-state index contributed by atoms with van der Waals surface area (Å²) >= 11 is 0. The summed E-state index contributed by atoms with van der Waals surface area (Å²) in [5.74, 6) is -0.356. The van der Waals surface area contributed by atoms with Gasteiger partial charge in [-0.3, -0.25) is 4.98 Å². The first-order valence-electron chi connectivity index (χ1n) is 10.8. The molecule has 1 amide bonds. The molecule has 1 atom stereocenters. The zero-order valence-electron chi connectivity index (χ0n) is 18.4. The molecule has 0 fully saturated rings. The number of rotatable bonds is 9. The number of amides is 1. The van der Waals surface area contributed by atoms with Gasteiger partial charge in [-0.2, -0.15) is 0 Å². The number of aromatic nitrogens is 1. The minimum atomic E-state index is -1.12. The Bertz CT molecular complexity index is 1250. The minimum Gasteiger partial charge on any atom is -0.488 e. The number of carbonyl (C=O) groups is 2. The van der Waals surface area contributed by atoms with Crippen molar-refractivity contribution in [3.63, 3.8) is 0 Å². The molecule has 4 aromatic rings. The molecule has 0 bridgehead atoms. The van der Waals surface area contributed by atoms with Gasteiger partial charge in [-0.15, -0.1) is 0 Å². The molecule has 3 aromatic carbocycles. The van der Waals surface area contributed by atoms with Crippen LogP contribution in [0.15, 0.2) is 91.1 Å². The maximum absolute atomic E-state index is 12.1. The van der Waals surface area contributed by atoms with E-state index >= 15 is 0 Å². The molecular formula is C27H24N2O5. The van der Waals surface area contributed by atoms with Crippen molar-refractivity contribution in [2.75, 3.05) is 0 Å². The van der Waals surface area contributed by atoms with E-state index in [2.05, 4.69) is 10.3 Å². The topological polar surface area (TPSA) is 97.8 Å². The summed E-state index contributed by atoms with van der Waals surface area (Å²) < 4.78 is 11.2. The van der Waals surface area contributed by atoms with Gasteiger partial charge in [-0.1, -0.05) is 60.7 Å². The highest BCUT2D eigenvalue weighted by atomic mass is 16.5. The Morgan fingerprint density at radius 3 is 2.29 bits per heavy atom. The number of pyridine rings is 1. The number of hydrogen-bond acceptors (Lipinski definition) is 5. The van der Waals surface area contributed by atoms with Crippen LogP contribution in [-0.2, 0) is 29.2 Å². The first kappa shape index (κ1) is 22.8. The van der Waals surface area contributed by atoms with Crippen molar-refractivity contribution in [1.29, 1.82) is 0 Å². The number of benzene rings is 3. The standard InChI is InChI=1S/C27H24N2O5/c30-26(31)24(16-19-6-2-1-3-7-19)29-27(32)34-18-21-13-11-20(12-14-21)17-33-25-10-4-9-23-22(25)8-5-15-28-23/h1-15,24H,16-18H2,(H,29,32)(H,30,31)/t24-/m1/s1. The Kier molecular flexibility index (Phi) is 7.35. The summed E-state index contributed by atoms with van der Waals surface area (Å²) in [6.45, 7) is 0.412. The molecule has 2 N–H and O–H groups in total. The SMILES string of the molecule is O=C(N[C@H](Cc1ccccc1)C(=O)O)OCc1ccc(COc2cccc3ncccc23)cc1. The van der Waals surface area contributed by atoms with Crippen LogP contribution in [0.25, 0.3) is 10.9 Å². The molecule has 4 rings (SSSR count). The highest BCUT2D eigenvalue weighted by Gasteiger charge is 2.21. The lowest BCUT2D eigenvalue weighted by molar-refractivity contribution is -0.139. The second kappa shape index (κ2) is 11.0. The lowest BCUT2D eigenvalue weighted by Crippen LogP contribution is -2.42. The van der Waals surface area contributed by atoms with Gasteiger partial charge < -0.3 is 19.9 Å². The van der Waals surface area contributed by atoms with Gasteiger partial charge in [0.1, 0.15) is 25.0 Å². The van der Waals surface area contributed by atoms with Crippen LogP contribution in [0.4, 0.5) is 4.79 Å². The van der Waals surface area contributed by atoms with Crippen molar-refractivity contribution >= 4 is 23.0 Å². The quantitative estimate of drug-likeness (QED) is 0.378. The van der Waals surface area contributed by atoms with Gasteiger partial charge in [0.2, 0.25) is 0 Å². The number of nitrogens with one attached hydrogen (secondary N) is 1. The van der Waals surface area contributed by atoms with E-state index in [1.165, 1.54) is 0 Å². The average Bonchev–Trinajstić information content (AvgIpc) is 2.87. The molecule has 1 heterocycles. The third-order valence-corrected chi connectivity index (χ3v) is 5.27. The molecule has 0 spiro atoms. The van der Waals surface area contributed by atoms with Crippen molar-refractivity contribution < 1.29 is 24.2 Å². The second-order valence-electron chi connectivity index (χ2n) is 7.73. The summed E-state index contributed by atoms with van der Waals surface area (Å²) in [6.07, 6.45) is 1.14. The predicted molar refractivity (Wildman–Crippen MR) is 127 cm³/mol. The smallest absolute Gasteiger partial charge is 0.408 e. The van der Waals surface area contributed by atoms with E-state index in [1.807, 2.05) is 84.9 Å². The molecule has 0 saturated carbocycles. The van der Waals surface area contributed by atoms with Crippen LogP contribution in [0.3, 0.4) is 0 Å². The van der Waals surface area contributed by atoms with Crippen LogP contribution >= 0.6 is 0 Å². The predicted octanol–water partition coefficient (Wildman–Crippen LogP) is 4.74. The molecule has 0 unspecified atom stereocenters. The van der Waals surface area contributed by atoms with Gasteiger partial charge >= 0.3 is 12.1 Å². The zero-order valence-corrected chi connectivity index (χ0v) is 18.4. The highest BCUT2D eigenvalue weighted by Crippen LogP contribution is 2.24. The van der Waals surface area contributed by atoms with E-state index < -0.39 is 18.1 Å². The largest absolute Gasteiger partial charge is 0.488 e. The number of alkyl carbamates (subject to hydrolysis) is 1. The molecule has 1 aromatic heterocycles. The molecule has 7 nitrogen and oxygen atoms in total. The van der Waals surface area contributed by atoms with Gasteiger partial charge in [0.15, 0.2) is 0 Å². The van der Waals surface area contributed by atoms with Gasteiger partial charge in [-0.25, -0.2) is 9.59 Å². The molecule has 0 aliphatic rings. The third kappa shape index (κ3) is 6.10. The number of ether oxygens (including phenoxy) is 2. The van der Waals surface area contributed by atoms with E-state index in [1.54, 1.807) is 6.20 Å². The van der Waals surface area contributed by atoms with Crippen LogP contribution in [0.2, 0.25) is 0 Å². The number of aliphatic carboxylic acids is 1. The second-order valence-corrected chi connectivity index (χ2v) is 7.73. The molecule has 0 saturated heterocycles. The molecular weight excluding hydrogens is 432 g/mol. The monoisotopic (exact) mass is 456 g/mol. The van der Waals surface area contributed by atoms with Crippen molar-refractivity contribution in [1.82, 2.24) is 10.3 Å². The number of hydrogen-bond donors (Lipinski definition) is 2. The van der Waals surface area contributed by atoms with Crippen LogP contribution < -0.4 is 10.1 Å². The number of nitrogens with zero attached hydrogens (tertiary/aromatic N) is 1. The normalized spacial score (nSPS) is 11.5.